The molecule has 0 aliphatic rings. The van der Waals surface area contributed by atoms with E-state index in [9.17, 15) is 10.1 Å². The molecule has 0 aromatic heterocycles. The van der Waals surface area contributed by atoms with Crippen molar-refractivity contribution in [3.8, 4) is 6.07 Å². The zero-order valence-corrected chi connectivity index (χ0v) is 11.6. The summed E-state index contributed by atoms with van der Waals surface area (Å²) in [5.74, 6) is 0. The average Bonchev–Trinajstić information content (AvgIpc) is 2.37. The minimum absolute atomic E-state index is 0.0832. The number of hydrogen-bond acceptors (Lipinski definition) is 3. The van der Waals surface area contributed by atoms with Crippen molar-refractivity contribution in [3.05, 3.63) is 73.2 Å². The molecule has 2 aromatic carbocycles. The van der Waals surface area contributed by atoms with Crippen LogP contribution in [0, 0.1) is 21.4 Å². The molecule has 20 heavy (non-hydrogen) atoms. The molecule has 0 amide bonds. The maximum atomic E-state index is 11.1. The van der Waals surface area contributed by atoms with Gasteiger partial charge < -0.3 is 0 Å². The van der Waals surface area contributed by atoms with E-state index in [4.69, 9.17) is 28.5 Å². The molecule has 0 saturated carbocycles. The molecule has 0 unspecified atom stereocenters. The highest BCUT2D eigenvalue weighted by Gasteiger charge is 2.15. The molecule has 0 atom stereocenters. The molecule has 0 radical (unpaired) electrons. The Morgan fingerprint density at radius 3 is 2.35 bits per heavy atom. The molecule has 2 aromatic rings. The van der Waals surface area contributed by atoms with Gasteiger partial charge in [-0.1, -0.05) is 29.3 Å². The van der Waals surface area contributed by atoms with E-state index in [-0.39, 0.29) is 11.3 Å². The number of nitrogens with zero attached hydrogens (tertiary/aromatic N) is 2. The van der Waals surface area contributed by atoms with E-state index in [1.165, 1.54) is 6.07 Å². The van der Waals surface area contributed by atoms with Crippen LogP contribution in [-0.2, 0) is 6.42 Å². The maximum Gasteiger partial charge on any atom is 0.274 e. The Morgan fingerprint density at radius 1 is 1.15 bits per heavy atom. The van der Waals surface area contributed by atoms with Gasteiger partial charge in [-0.2, -0.15) is 5.26 Å². The monoisotopic (exact) mass is 306 g/mol. The number of benzene rings is 2. The van der Waals surface area contributed by atoms with Crippen molar-refractivity contribution >= 4 is 28.9 Å². The first-order chi connectivity index (χ1) is 9.49. The van der Waals surface area contributed by atoms with Gasteiger partial charge in [0, 0.05) is 28.1 Å². The number of rotatable bonds is 3. The molecule has 100 valence electrons. The van der Waals surface area contributed by atoms with Crippen molar-refractivity contribution < 1.29 is 4.92 Å². The summed E-state index contributed by atoms with van der Waals surface area (Å²) >= 11 is 11.8. The van der Waals surface area contributed by atoms with Crippen LogP contribution in [0.4, 0.5) is 5.69 Å². The van der Waals surface area contributed by atoms with Crippen molar-refractivity contribution in [2.75, 3.05) is 0 Å². The Hall–Kier alpha value is -2.09. The molecule has 6 heteroatoms. The van der Waals surface area contributed by atoms with E-state index < -0.39 is 4.92 Å². The van der Waals surface area contributed by atoms with Crippen LogP contribution in [0.25, 0.3) is 0 Å². The topological polar surface area (TPSA) is 66.9 Å². The van der Waals surface area contributed by atoms with Crippen LogP contribution in [0.15, 0.2) is 36.4 Å². The lowest BCUT2D eigenvalue weighted by atomic mass is 10.0. The predicted octanol–water partition coefficient (Wildman–Crippen LogP) is 4.36. The third-order valence-electron chi connectivity index (χ3n) is 2.73. The second-order valence-corrected chi connectivity index (χ2v) is 5.04. The van der Waals surface area contributed by atoms with Crippen LogP contribution in [-0.4, -0.2) is 4.92 Å². The van der Waals surface area contributed by atoms with E-state index in [1.807, 2.05) is 6.07 Å². The fraction of sp³-hybridized carbons (Fsp3) is 0.0714. The first kappa shape index (κ1) is 14.3. The molecule has 0 bridgehead atoms. The van der Waals surface area contributed by atoms with E-state index >= 15 is 0 Å². The number of hydrogen-bond donors (Lipinski definition) is 0. The summed E-state index contributed by atoms with van der Waals surface area (Å²) in [6.07, 6.45) is 0.322. The van der Waals surface area contributed by atoms with Crippen molar-refractivity contribution in [1.29, 1.82) is 5.26 Å². The zero-order chi connectivity index (χ0) is 14.7. The third kappa shape index (κ3) is 3.27. The van der Waals surface area contributed by atoms with E-state index in [0.29, 0.717) is 22.0 Å². The SMILES string of the molecule is N#Cc1ccc(Cc2cc(Cl)cc(Cl)c2)c([N+](=O)[O-])c1. The fourth-order valence-corrected chi connectivity index (χ4v) is 2.46. The summed E-state index contributed by atoms with van der Waals surface area (Å²) < 4.78 is 0. The number of nitro groups is 1. The van der Waals surface area contributed by atoms with Crippen molar-refractivity contribution in [2.45, 2.75) is 6.42 Å². The average molecular weight is 307 g/mol. The van der Waals surface area contributed by atoms with Gasteiger partial charge in [-0.25, -0.2) is 0 Å². The Kier molecular flexibility index (Phi) is 4.23. The summed E-state index contributed by atoms with van der Waals surface area (Å²) in [6.45, 7) is 0. The van der Waals surface area contributed by atoms with Crippen LogP contribution in [0.2, 0.25) is 10.0 Å². The van der Waals surface area contributed by atoms with Gasteiger partial charge in [0.2, 0.25) is 0 Å². The summed E-state index contributed by atoms with van der Waals surface area (Å²) in [6, 6.07) is 11.3. The molecule has 0 saturated heterocycles. The summed E-state index contributed by atoms with van der Waals surface area (Å²) in [5.41, 5.74) is 1.45. The zero-order valence-electron chi connectivity index (χ0n) is 10.1. The van der Waals surface area contributed by atoms with Gasteiger partial charge in [0.05, 0.1) is 16.6 Å². The Morgan fingerprint density at radius 2 is 1.80 bits per heavy atom. The van der Waals surface area contributed by atoms with Gasteiger partial charge in [-0.05, 0) is 29.8 Å². The summed E-state index contributed by atoms with van der Waals surface area (Å²) in [5, 5.41) is 20.8. The normalized spacial score (nSPS) is 10.1. The molecule has 0 aliphatic carbocycles. The van der Waals surface area contributed by atoms with Crippen LogP contribution in [0.1, 0.15) is 16.7 Å². The Bertz CT molecular complexity index is 703. The van der Waals surface area contributed by atoms with Gasteiger partial charge in [-0.15, -0.1) is 0 Å². The quantitative estimate of drug-likeness (QED) is 0.625. The Labute approximate surface area is 125 Å². The molecule has 0 N–H and O–H groups in total. The molecule has 0 fully saturated rings. The molecule has 4 nitrogen and oxygen atoms in total. The van der Waals surface area contributed by atoms with Crippen LogP contribution < -0.4 is 0 Å². The van der Waals surface area contributed by atoms with Crippen LogP contribution in [0.3, 0.4) is 0 Å². The predicted molar refractivity (Wildman–Crippen MR) is 77.1 cm³/mol. The summed E-state index contributed by atoms with van der Waals surface area (Å²) in [7, 11) is 0. The number of halogens is 2. The smallest absolute Gasteiger partial charge is 0.258 e. The first-order valence-corrected chi connectivity index (χ1v) is 6.37. The largest absolute Gasteiger partial charge is 0.274 e. The molecule has 0 spiro atoms. The molecule has 0 heterocycles. The highest BCUT2D eigenvalue weighted by molar-refractivity contribution is 6.34. The van der Waals surface area contributed by atoms with Crippen LogP contribution >= 0.6 is 23.2 Å². The van der Waals surface area contributed by atoms with E-state index in [0.717, 1.165) is 5.56 Å². The minimum atomic E-state index is -0.498. The van der Waals surface area contributed by atoms with Gasteiger partial charge in [0.15, 0.2) is 0 Å². The number of nitro benzene ring substituents is 1. The van der Waals surface area contributed by atoms with Crippen molar-refractivity contribution in [3.63, 3.8) is 0 Å². The molecular weight excluding hydrogens is 299 g/mol. The van der Waals surface area contributed by atoms with Gasteiger partial charge in [-0.3, -0.25) is 10.1 Å². The van der Waals surface area contributed by atoms with E-state index in [2.05, 4.69) is 0 Å². The lowest BCUT2D eigenvalue weighted by Crippen LogP contribution is -1.97. The van der Waals surface area contributed by atoms with Gasteiger partial charge in [0.25, 0.3) is 5.69 Å². The highest BCUT2D eigenvalue weighted by atomic mass is 35.5. The molecule has 0 aliphatic heterocycles. The van der Waals surface area contributed by atoms with Crippen LogP contribution in [0.5, 0.6) is 0 Å². The maximum absolute atomic E-state index is 11.1. The fourth-order valence-electron chi connectivity index (χ4n) is 1.89. The summed E-state index contributed by atoms with van der Waals surface area (Å²) in [4.78, 5) is 10.6. The van der Waals surface area contributed by atoms with Crippen molar-refractivity contribution in [2.24, 2.45) is 0 Å². The van der Waals surface area contributed by atoms with Crippen molar-refractivity contribution in [1.82, 2.24) is 0 Å². The lowest BCUT2D eigenvalue weighted by Gasteiger charge is -2.05. The standard InChI is InChI=1S/C14H8Cl2N2O2/c15-12-4-10(5-13(16)7-12)3-11-2-1-9(8-17)6-14(11)18(19)20/h1-2,4-7H,3H2. The second kappa shape index (κ2) is 5.91. The highest BCUT2D eigenvalue weighted by Crippen LogP contribution is 2.26. The minimum Gasteiger partial charge on any atom is -0.258 e. The molecular formula is C14H8Cl2N2O2. The molecule has 2 rings (SSSR count). The lowest BCUT2D eigenvalue weighted by molar-refractivity contribution is -0.385. The number of nitriles is 1. The van der Waals surface area contributed by atoms with Gasteiger partial charge >= 0.3 is 0 Å². The third-order valence-corrected chi connectivity index (χ3v) is 3.16. The first-order valence-electron chi connectivity index (χ1n) is 5.62. The van der Waals surface area contributed by atoms with E-state index in [1.54, 1.807) is 30.3 Å². The second-order valence-electron chi connectivity index (χ2n) is 4.17. The van der Waals surface area contributed by atoms with Gasteiger partial charge in [0.1, 0.15) is 0 Å². The Balaban J connectivity index is 2.43.